The maximum atomic E-state index is 13.0. The fourth-order valence-electron chi connectivity index (χ4n) is 1.62. The number of halogens is 3. The highest BCUT2D eigenvalue weighted by atomic mass is 35.5. The summed E-state index contributed by atoms with van der Waals surface area (Å²) in [4.78, 5) is 0. The average molecular weight is 285 g/mol. The van der Waals surface area contributed by atoms with E-state index in [-0.39, 0.29) is 13.2 Å². The Morgan fingerprint density at radius 3 is 2.26 bits per heavy atom. The van der Waals surface area contributed by atoms with Gasteiger partial charge in [0, 0.05) is 6.07 Å². The number of ether oxygens (including phenoxy) is 1. The zero-order valence-electron chi connectivity index (χ0n) is 9.87. The van der Waals surface area contributed by atoms with E-state index < -0.39 is 11.6 Å². The Balaban J connectivity index is 2.10. The average Bonchev–Trinajstić information content (AvgIpc) is 2.36. The molecule has 0 amide bonds. The minimum atomic E-state index is -0.652. The van der Waals surface area contributed by atoms with Crippen LogP contribution in [0.1, 0.15) is 11.1 Å². The molecule has 100 valence electrons. The third-order valence-corrected chi connectivity index (χ3v) is 2.79. The zero-order chi connectivity index (χ0) is 13.8. The number of hydrogen-bond acceptors (Lipinski definition) is 2. The first-order chi connectivity index (χ1) is 9.08. The summed E-state index contributed by atoms with van der Waals surface area (Å²) >= 11 is 5.95. The molecule has 0 aliphatic heterocycles. The molecule has 0 fully saturated rings. The Hall–Kier alpha value is -1.65. The van der Waals surface area contributed by atoms with Gasteiger partial charge >= 0.3 is 0 Å². The van der Waals surface area contributed by atoms with Crippen LogP contribution in [0.15, 0.2) is 36.4 Å². The van der Waals surface area contributed by atoms with Crippen molar-refractivity contribution in [2.75, 3.05) is 0 Å². The quantitative estimate of drug-likeness (QED) is 0.928. The minimum Gasteiger partial charge on any atom is -0.487 e. The summed E-state index contributed by atoms with van der Waals surface area (Å²) in [6, 6.07) is 8.02. The highest BCUT2D eigenvalue weighted by Gasteiger charge is 2.05. The summed E-state index contributed by atoms with van der Waals surface area (Å²) in [6.07, 6.45) is 0. The summed E-state index contributed by atoms with van der Waals surface area (Å²) < 4.78 is 31.4. The lowest BCUT2D eigenvalue weighted by Gasteiger charge is -2.09. The molecule has 0 aliphatic rings. The maximum absolute atomic E-state index is 13.0. The summed E-state index contributed by atoms with van der Waals surface area (Å²) in [7, 11) is 0. The molecule has 2 aromatic rings. The van der Waals surface area contributed by atoms with Crippen LogP contribution in [0.4, 0.5) is 8.78 Å². The van der Waals surface area contributed by atoms with Gasteiger partial charge in [-0.1, -0.05) is 17.7 Å². The van der Waals surface area contributed by atoms with Crippen LogP contribution in [0.2, 0.25) is 5.02 Å². The third kappa shape index (κ3) is 3.66. The van der Waals surface area contributed by atoms with Gasteiger partial charge in [-0.15, -0.1) is 0 Å². The van der Waals surface area contributed by atoms with Crippen LogP contribution >= 0.6 is 11.6 Å². The molecule has 0 aromatic heterocycles. The predicted octanol–water partition coefficient (Wildman–Crippen LogP) is 3.69. The van der Waals surface area contributed by atoms with Crippen LogP contribution < -0.4 is 4.74 Å². The van der Waals surface area contributed by atoms with Crippen molar-refractivity contribution < 1.29 is 18.6 Å². The van der Waals surface area contributed by atoms with Crippen molar-refractivity contribution in [3.63, 3.8) is 0 Å². The molecule has 0 spiro atoms. The van der Waals surface area contributed by atoms with Crippen molar-refractivity contribution in [2.45, 2.75) is 13.2 Å². The molecule has 19 heavy (non-hydrogen) atoms. The third-order valence-electron chi connectivity index (χ3n) is 2.50. The normalized spacial score (nSPS) is 10.5. The highest BCUT2D eigenvalue weighted by molar-refractivity contribution is 6.32. The van der Waals surface area contributed by atoms with Gasteiger partial charge < -0.3 is 9.84 Å². The second-order valence-electron chi connectivity index (χ2n) is 3.99. The molecule has 0 radical (unpaired) electrons. The van der Waals surface area contributed by atoms with Gasteiger partial charge in [0.2, 0.25) is 0 Å². The molecule has 0 atom stereocenters. The van der Waals surface area contributed by atoms with Gasteiger partial charge in [0.05, 0.1) is 11.6 Å². The van der Waals surface area contributed by atoms with Gasteiger partial charge in [-0.25, -0.2) is 8.78 Å². The number of aliphatic hydroxyl groups is 1. The van der Waals surface area contributed by atoms with Crippen molar-refractivity contribution in [1.29, 1.82) is 0 Å². The van der Waals surface area contributed by atoms with Gasteiger partial charge in [0.1, 0.15) is 24.0 Å². The van der Waals surface area contributed by atoms with Crippen LogP contribution in [0, 0.1) is 11.6 Å². The van der Waals surface area contributed by atoms with Gasteiger partial charge in [0.15, 0.2) is 0 Å². The van der Waals surface area contributed by atoms with E-state index in [0.29, 0.717) is 21.9 Å². The smallest absolute Gasteiger partial charge is 0.138 e. The predicted molar refractivity (Wildman–Crippen MR) is 68.1 cm³/mol. The Morgan fingerprint density at radius 2 is 1.68 bits per heavy atom. The molecule has 2 rings (SSSR count). The zero-order valence-corrected chi connectivity index (χ0v) is 10.6. The molecule has 5 heteroatoms. The standard InChI is InChI=1S/C14H11ClF2O2/c15-13-5-9(7-18)1-2-14(13)19-8-10-3-11(16)6-12(17)4-10/h1-6,18H,7-8H2. The van der Waals surface area contributed by atoms with E-state index in [1.807, 2.05) is 0 Å². The monoisotopic (exact) mass is 284 g/mol. The SMILES string of the molecule is OCc1ccc(OCc2cc(F)cc(F)c2)c(Cl)c1. The lowest BCUT2D eigenvalue weighted by atomic mass is 10.2. The highest BCUT2D eigenvalue weighted by Crippen LogP contribution is 2.26. The molecular formula is C14H11ClF2O2. The van der Waals surface area contributed by atoms with E-state index in [1.165, 1.54) is 12.1 Å². The van der Waals surface area contributed by atoms with E-state index >= 15 is 0 Å². The molecular weight excluding hydrogens is 274 g/mol. The second kappa shape index (κ2) is 5.99. The maximum Gasteiger partial charge on any atom is 0.138 e. The minimum absolute atomic E-state index is 0.00682. The van der Waals surface area contributed by atoms with Gasteiger partial charge in [-0.05, 0) is 35.4 Å². The molecule has 1 N–H and O–H groups in total. The number of aliphatic hydroxyl groups excluding tert-OH is 1. The molecule has 0 bridgehead atoms. The lowest BCUT2D eigenvalue weighted by molar-refractivity contribution is 0.280. The fourth-order valence-corrected chi connectivity index (χ4v) is 1.87. The van der Waals surface area contributed by atoms with Crippen LogP contribution in [-0.4, -0.2) is 5.11 Å². The van der Waals surface area contributed by atoms with Crippen LogP contribution in [0.25, 0.3) is 0 Å². The summed E-state index contributed by atoms with van der Waals surface area (Å²) in [5.41, 5.74) is 1.04. The number of hydrogen-bond donors (Lipinski definition) is 1. The van der Waals surface area contributed by atoms with Gasteiger partial charge in [-0.3, -0.25) is 0 Å². The topological polar surface area (TPSA) is 29.5 Å². The molecule has 0 unspecified atom stereocenters. The molecule has 2 nitrogen and oxygen atoms in total. The lowest BCUT2D eigenvalue weighted by Crippen LogP contribution is -1.98. The van der Waals surface area contributed by atoms with E-state index in [4.69, 9.17) is 21.4 Å². The first-order valence-electron chi connectivity index (χ1n) is 5.55. The van der Waals surface area contributed by atoms with E-state index in [1.54, 1.807) is 18.2 Å². The van der Waals surface area contributed by atoms with Crippen molar-refractivity contribution in [3.05, 3.63) is 64.2 Å². The Morgan fingerprint density at radius 1 is 1.00 bits per heavy atom. The molecule has 0 heterocycles. The molecule has 2 aromatic carbocycles. The van der Waals surface area contributed by atoms with Crippen molar-refractivity contribution >= 4 is 11.6 Å². The second-order valence-corrected chi connectivity index (χ2v) is 4.40. The summed E-state index contributed by atoms with van der Waals surface area (Å²) in [5.74, 6) is -0.913. The Kier molecular flexibility index (Phi) is 4.35. The van der Waals surface area contributed by atoms with E-state index in [9.17, 15) is 8.78 Å². The fraction of sp³-hybridized carbons (Fsp3) is 0.143. The van der Waals surface area contributed by atoms with Crippen molar-refractivity contribution in [1.82, 2.24) is 0 Å². The molecule has 0 saturated carbocycles. The number of benzene rings is 2. The van der Waals surface area contributed by atoms with Crippen molar-refractivity contribution in [3.8, 4) is 5.75 Å². The van der Waals surface area contributed by atoms with Crippen LogP contribution in [-0.2, 0) is 13.2 Å². The Labute approximate surface area is 114 Å². The van der Waals surface area contributed by atoms with Crippen LogP contribution in [0.5, 0.6) is 5.75 Å². The van der Waals surface area contributed by atoms with E-state index in [2.05, 4.69) is 0 Å². The summed E-state index contributed by atoms with van der Waals surface area (Å²) in [6.45, 7) is -0.109. The first-order valence-corrected chi connectivity index (χ1v) is 5.93. The number of rotatable bonds is 4. The molecule has 0 aliphatic carbocycles. The van der Waals surface area contributed by atoms with Gasteiger partial charge in [-0.2, -0.15) is 0 Å². The summed E-state index contributed by atoms with van der Waals surface area (Å²) in [5, 5.41) is 9.28. The van der Waals surface area contributed by atoms with E-state index in [0.717, 1.165) is 6.07 Å². The van der Waals surface area contributed by atoms with Gasteiger partial charge in [0.25, 0.3) is 0 Å². The molecule has 0 saturated heterocycles. The largest absolute Gasteiger partial charge is 0.487 e. The van der Waals surface area contributed by atoms with Crippen LogP contribution in [0.3, 0.4) is 0 Å². The Bertz CT molecular complexity index is 567. The van der Waals surface area contributed by atoms with Crippen molar-refractivity contribution in [2.24, 2.45) is 0 Å². The first kappa shape index (κ1) is 13.8.